The minimum atomic E-state index is -0.290. The number of Topliss-reactive ketones (excluding diaryl/α,β-unsaturated/α-hetero) is 1. The Bertz CT molecular complexity index is 2170. The number of methoxy groups -OCH3 is 1. The first-order valence-electron chi connectivity index (χ1n) is 24.0. The predicted octanol–water partition coefficient (Wildman–Crippen LogP) is 9.11. The second-order valence-electron chi connectivity index (χ2n) is 19.4. The van der Waals surface area contributed by atoms with Crippen LogP contribution in [0.4, 0.5) is 0 Å². The molecule has 6 unspecified atom stereocenters. The van der Waals surface area contributed by atoms with Gasteiger partial charge in [-0.15, -0.1) is 0 Å². The van der Waals surface area contributed by atoms with Crippen LogP contribution in [0.25, 0.3) is 6.08 Å². The molecular formula is C55H70N4O4. The van der Waals surface area contributed by atoms with E-state index in [9.17, 15) is 14.7 Å². The molecule has 3 fully saturated rings. The van der Waals surface area contributed by atoms with Gasteiger partial charge in [0, 0.05) is 25.2 Å². The lowest BCUT2D eigenvalue weighted by atomic mass is 9.57. The van der Waals surface area contributed by atoms with Crippen molar-refractivity contribution in [1.82, 2.24) is 16.0 Å². The number of piperidine rings is 1. The van der Waals surface area contributed by atoms with Gasteiger partial charge in [-0.2, -0.15) is 0 Å². The maximum Gasteiger partial charge on any atom is 0.163 e. The fourth-order valence-electron chi connectivity index (χ4n) is 12.0. The Balaban J connectivity index is 0.868. The Morgan fingerprint density at radius 1 is 0.952 bits per heavy atom. The molecule has 8 heteroatoms. The molecule has 3 aromatic rings. The van der Waals surface area contributed by atoms with E-state index in [0.29, 0.717) is 41.9 Å². The zero-order valence-corrected chi connectivity index (χ0v) is 37.5. The van der Waals surface area contributed by atoms with Gasteiger partial charge in [-0.1, -0.05) is 85.7 Å². The zero-order valence-electron chi connectivity index (χ0n) is 37.5. The Hall–Kier alpha value is -4.76. The molecule has 6 atom stereocenters. The van der Waals surface area contributed by atoms with Gasteiger partial charge in [0.15, 0.2) is 17.3 Å². The van der Waals surface area contributed by atoms with Crippen LogP contribution in [0, 0.1) is 29.1 Å². The molecular weight excluding hydrogens is 781 g/mol. The summed E-state index contributed by atoms with van der Waals surface area (Å²) in [5.74, 6) is 3.04. The number of phenolic OH excluding ortho intramolecular Hbond substituents is 1. The molecule has 3 aromatic carbocycles. The van der Waals surface area contributed by atoms with Crippen molar-refractivity contribution >= 4 is 17.6 Å². The number of dihydropyridines is 1. The highest BCUT2D eigenvalue weighted by Crippen LogP contribution is 2.53. The maximum absolute atomic E-state index is 13.4. The highest BCUT2D eigenvalue weighted by molar-refractivity contribution is 6.06. The molecule has 3 aliphatic heterocycles. The molecule has 6 N–H and O–H groups in total. The molecule has 2 aliphatic carbocycles. The number of carbonyl (C=O) groups excluding carboxylic acids is 2. The van der Waals surface area contributed by atoms with Crippen molar-refractivity contribution in [3.63, 3.8) is 0 Å². The molecule has 0 amide bonds. The van der Waals surface area contributed by atoms with Gasteiger partial charge in [0.2, 0.25) is 0 Å². The average Bonchev–Trinajstić information content (AvgIpc) is 3.76. The van der Waals surface area contributed by atoms with Crippen LogP contribution in [-0.4, -0.2) is 55.6 Å². The smallest absolute Gasteiger partial charge is 0.163 e. The van der Waals surface area contributed by atoms with Crippen LogP contribution < -0.4 is 26.4 Å². The largest absolute Gasteiger partial charge is 0.504 e. The molecule has 0 bridgehead atoms. The van der Waals surface area contributed by atoms with E-state index in [1.807, 2.05) is 6.20 Å². The van der Waals surface area contributed by atoms with E-state index in [1.165, 1.54) is 74.8 Å². The minimum absolute atomic E-state index is 0.0165. The van der Waals surface area contributed by atoms with Gasteiger partial charge < -0.3 is 31.5 Å². The summed E-state index contributed by atoms with van der Waals surface area (Å²) in [5.41, 5.74) is 14.5. The first-order chi connectivity index (χ1) is 30.7. The molecule has 63 heavy (non-hydrogen) atoms. The number of ketones is 2. The summed E-state index contributed by atoms with van der Waals surface area (Å²) in [6, 6.07) is 23.5. The summed E-state index contributed by atoms with van der Waals surface area (Å²) in [5, 5.41) is 21.8. The molecule has 0 radical (unpaired) electrons. The summed E-state index contributed by atoms with van der Waals surface area (Å²) >= 11 is 0. The fraction of sp³-hybridized carbons (Fsp3) is 0.491. The number of rotatable bonds is 19. The molecule has 5 aliphatic rings. The highest BCUT2D eigenvalue weighted by Gasteiger charge is 2.48. The lowest BCUT2D eigenvalue weighted by Gasteiger charge is -2.52. The van der Waals surface area contributed by atoms with Crippen LogP contribution >= 0.6 is 0 Å². The topological polar surface area (TPSA) is 126 Å². The van der Waals surface area contributed by atoms with Gasteiger partial charge in [0.1, 0.15) is 5.78 Å². The number of phenols is 1. The lowest BCUT2D eigenvalue weighted by Crippen LogP contribution is -2.56. The Kier molecular flexibility index (Phi) is 15.1. The van der Waals surface area contributed by atoms with Gasteiger partial charge >= 0.3 is 0 Å². The van der Waals surface area contributed by atoms with Crippen molar-refractivity contribution in [2.75, 3.05) is 26.7 Å². The van der Waals surface area contributed by atoms with Crippen LogP contribution in [-0.2, 0) is 35.3 Å². The number of carbonyl (C=O) groups is 2. The summed E-state index contributed by atoms with van der Waals surface area (Å²) < 4.78 is 5.48. The summed E-state index contributed by atoms with van der Waals surface area (Å²) in [4.78, 5) is 26.7. The van der Waals surface area contributed by atoms with Crippen molar-refractivity contribution < 1.29 is 19.4 Å². The number of hydrogen-bond acceptors (Lipinski definition) is 8. The third-order valence-electron chi connectivity index (χ3n) is 15.2. The predicted molar refractivity (Wildman–Crippen MR) is 254 cm³/mol. The fourth-order valence-corrected chi connectivity index (χ4v) is 12.0. The van der Waals surface area contributed by atoms with E-state index in [4.69, 9.17) is 10.5 Å². The molecule has 334 valence electrons. The van der Waals surface area contributed by atoms with Gasteiger partial charge in [0.25, 0.3) is 0 Å². The molecule has 1 saturated heterocycles. The van der Waals surface area contributed by atoms with Crippen LogP contribution in [0.15, 0.2) is 108 Å². The number of aromatic hydroxyl groups is 1. The first kappa shape index (κ1) is 44.8. The first-order valence-corrected chi connectivity index (χ1v) is 24.0. The SMILES string of the molecule is COc1cc(C=CC(=O)CC(=O)CCCC2(CC3C4CCNCC4CC4C=CCNC43)CCCC2)c(CC2=CNC(N)C=C2CCc2cccc(CCc3ccccc3)c2)cc1O. The Morgan fingerprint density at radius 2 is 1.73 bits per heavy atom. The number of benzene rings is 3. The number of aryl methyl sites for hydroxylation is 3. The number of ether oxygens (including phenoxy) is 1. The standard InChI is InChI=1S/C55H70N4O4/c1-63-52-32-41(44(31-51(52)62)30-45-37-59-53(56)33-42(45)19-18-40-13-7-12-39(28-40)17-16-38-10-3-2-4-11-38)20-21-48(61)34-47(60)15-8-25-55(23-5-6-24-55)35-50-49-22-27-57-36-46(49)29-43-14-9-26-58-54(43)50/h2-4,7,9-14,20-21,28,31-33,37,43,46,49-50,53-54,57-59,62H,5-6,8,15-19,22-27,29-30,34-36,56H2,1H3. The number of allylic oxidation sites excluding steroid dienone is 3. The maximum atomic E-state index is 13.4. The van der Waals surface area contributed by atoms with E-state index in [2.05, 4.69) is 88.8 Å². The molecule has 3 heterocycles. The summed E-state index contributed by atoms with van der Waals surface area (Å²) in [6.45, 7) is 3.26. The van der Waals surface area contributed by atoms with Gasteiger partial charge in [-0.25, -0.2) is 0 Å². The van der Waals surface area contributed by atoms with Gasteiger partial charge in [-0.05, 0) is 182 Å². The van der Waals surface area contributed by atoms with E-state index >= 15 is 0 Å². The summed E-state index contributed by atoms with van der Waals surface area (Å²) in [6.07, 6.45) is 27.3. The average molecular weight is 851 g/mol. The molecule has 8 nitrogen and oxygen atoms in total. The number of hydrogen-bond donors (Lipinski definition) is 5. The highest BCUT2D eigenvalue weighted by atomic mass is 16.5. The normalized spacial score (nSPS) is 25.1. The van der Waals surface area contributed by atoms with Crippen LogP contribution in [0.1, 0.15) is 105 Å². The summed E-state index contributed by atoms with van der Waals surface area (Å²) in [7, 11) is 1.52. The second kappa shape index (κ2) is 21.3. The number of nitrogens with two attached hydrogens (primary N) is 1. The third kappa shape index (κ3) is 11.7. The van der Waals surface area contributed by atoms with Crippen molar-refractivity contribution in [3.05, 3.63) is 136 Å². The van der Waals surface area contributed by atoms with Gasteiger partial charge in [0.05, 0.1) is 19.7 Å². The van der Waals surface area contributed by atoms with E-state index < -0.39 is 0 Å². The van der Waals surface area contributed by atoms with E-state index in [1.54, 1.807) is 18.2 Å². The minimum Gasteiger partial charge on any atom is -0.504 e. The third-order valence-corrected chi connectivity index (χ3v) is 15.2. The monoisotopic (exact) mass is 851 g/mol. The Morgan fingerprint density at radius 3 is 2.54 bits per heavy atom. The number of fused-ring (bicyclic) bond motifs is 2. The van der Waals surface area contributed by atoms with E-state index in [-0.39, 0.29) is 29.9 Å². The van der Waals surface area contributed by atoms with Gasteiger partial charge in [-0.3, -0.25) is 9.59 Å². The van der Waals surface area contributed by atoms with Crippen molar-refractivity contribution in [1.29, 1.82) is 0 Å². The van der Waals surface area contributed by atoms with Crippen molar-refractivity contribution in [2.45, 2.75) is 115 Å². The zero-order chi connectivity index (χ0) is 43.6. The molecule has 2 saturated carbocycles. The molecule has 0 spiro atoms. The van der Waals surface area contributed by atoms with Crippen LogP contribution in [0.3, 0.4) is 0 Å². The van der Waals surface area contributed by atoms with Crippen molar-refractivity contribution in [2.24, 2.45) is 34.8 Å². The second-order valence-corrected chi connectivity index (χ2v) is 19.4. The van der Waals surface area contributed by atoms with Crippen LogP contribution in [0.2, 0.25) is 0 Å². The van der Waals surface area contributed by atoms with Crippen LogP contribution in [0.5, 0.6) is 11.5 Å². The lowest BCUT2D eigenvalue weighted by molar-refractivity contribution is -0.124. The Labute approximate surface area is 375 Å². The quantitative estimate of drug-likeness (QED) is 0.0460. The van der Waals surface area contributed by atoms with E-state index in [0.717, 1.165) is 92.3 Å². The van der Waals surface area contributed by atoms with Crippen molar-refractivity contribution in [3.8, 4) is 11.5 Å². The molecule has 8 rings (SSSR count). The number of nitrogens with one attached hydrogen (secondary N) is 3. The molecule has 0 aromatic heterocycles.